The molecule has 0 bridgehead atoms. The highest BCUT2D eigenvalue weighted by molar-refractivity contribution is 5.75. The molecule has 5 nitrogen and oxygen atoms in total. The van der Waals surface area contributed by atoms with Gasteiger partial charge in [-0.05, 0) is 11.8 Å². The number of hydrogen-bond acceptors (Lipinski definition) is 2. The van der Waals surface area contributed by atoms with Crippen molar-refractivity contribution in [1.29, 1.82) is 0 Å². The van der Waals surface area contributed by atoms with E-state index in [0.717, 1.165) is 4.90 Å². The molecule has 0 aliphatic rings. The van der Waals surface area contributed by atoms with Gasteiger partial charge in [0.25, 0.3) is 6.43 Å². The van der Waals surface area contributed by atoms with E-state index in [2.05, 4.69) is 5.32 Å². The first kappa shape index (κ1) is 17.6. The van der Waals surface area contributed by atoms with Gasteiger partial charge in [-0.2, -0.15) is 0 Å². The lowest BCUT2D eigenvalue weighted by molar-refractivity contribution is -0.137. The fourth-order valence-corrected chi connectivity index (χ4v) is 1.70. The molecule has 1 unspecified atom stereocenters. The van der Waals surface area contributed by atoms with Crippen molar-refractivity contribution in [2.75, 3.05) is 13.6 Å². The lowest BCUT2D eigenvalue weighted by Gasteiger charge is -2.27. The molecule has 2 amide bonds. The number of rotatable bonds is 6. The number of urea groups is 1. The molecule has 0 heterocycles. The molecule has 19 heavy (non-hydrogen) atoms. The topological polar surface area (TPSA) is 69.6 Å². The Morgan fingerprint density at radius 1 is 1.32 bits per heavy atom. The largest absolute Gasteiger partial charge is 0.481 e. The molecular formula is C12H22F2N2O3. The molecule has 0 aromatic heterocycles. The van der Waals surface area contributed by atoms with Crippen molar-refractivity contribution in [2.24, 2.45) is 5.41 Å². The van der Waals surface area contributed by atoms with Gasteiger partial charge in [0.05, 0.1) is 13.0 Å². The van der Waals surface area contributed by atoms with Crippen LogP contribution in [0.4, 0.5) is 13.6 Å². The summed E-state index contributed by atoms with van der Waals surface area (Å²) >= 11 is 0. The van der Waals surface area contributed by atoms with Gasteiger partial charge in [-0.1, -0.05) is 20.8 Å². The second-order valence-electron chi connectivity index (χ2n) is 5.78. The summed E-state index contributed by atoms with van der Waals surface area (Å²) in [4.78, 5) is 23.2. The van der Waals surface area contributed by atoms with Crippen molar-refractivity contribution in [3.8, 4) is 0 Å². The van der Waals surface area contributed by atoms with Gasteiger partial charge in [-0.15, -0.1) is 0 Å². The third-order valence-electron chi connectivity index (χ3n) is 2.37. The molecule has 0 aliphatic carbocycles. The van der Waals surface area contributed by atoms with Crippen LogP contribution in [0.2, 0.25) is 0 Å². The number of alkyl halides is 2. The molecule has 0 aliphatic heterocycles. The normalized spacial score (nSPS) is 13.2. The molecule has 0 saturated carbocycles. The van der Waals surface area contributed by atoms with Gasteiger partial charge in [0, 0.05) is 13.1 Å². The van der Waals surface area contributed by atoms with E-state index in [1.807, 2.05) is 20.8 Å². The Balaban J connectivity index is 4.54. The van der Waals surface area contributed by atoms with Crippen molar-refractivity contribution in [3.63, 3.8) is 0 Å². The Labute approximate surface area is 112 Å². The standard InChI is InChI=1S/C12H22F2N2O3/c1-12(2,3)6-8(5-10(17)18)15-11(19)16(4)7-9(13)14/h8-9H,5-7H2,1-4H3,(H,15,19)(H,17,18). The van der Waals surface area contributed by atoms with Crippen LogP contribution in [-0.4, -0.2) is 48.1 Å². The molecule has 0 spiro atoms. The third-order valence-corrected chi connectivity index (χ3v) is 2.37. The predicted octanol–water partition coefficient (Wildman–Crippen LogP) is 2.17. The highest BCUT2D eigenvalue weighted by atomic mass is 19.3. The van der Waals surface area contributed by atoms with Crippen LogP contribution in [0.25, 0.3) is 0 Å². The number of carboxylic acids is 1. The second kappa shape index (κ2) is 7.25. The molecule has 112 valence electrons. The first-order valence-electron chi connectivity index (χ1n) is 6.03. The fraction of sp³-hybridized carbons (Fsp3) is 0.833. The maximum atomic E-state index is 12.1. The summed E-state index contributed by atoms with van der Waals surface area (Å²) in [5, 5.41) is 11.3. The van der Waals surface area contributed by atoms with E-state index in [4.69, 9.17) is 5.11 Å². The van der Waals surface area contributed by atoms with Gasteiger partial charge in [-0.3, -0.25) is 4.79 Å². The van der Waals surface area contributed by atoms with Crippen LogP contribution in [-0.2, 0) is 4.79 Å². The van der Waals surface area contributed by atoms with E-state index < -0.39 is 31.0 Å². The van der Waals surface area contributed by atoms with E-state index in [-0.39, 0.29) is 11.8 Å². The van der Waals surface area contributed by atoms with Crippen LogP contribution in [0.5, 0.6) is 0 Å². The first-order valence-corrected chi connectivity index (χ1v) is 6.03. The van der Waals surface area contributed by atoms with Gasteiger partial charge in [-0.25, -0.2) is 13.6 Å². The molecule has 0 saturated heterocycles. The number of amides is 2. The summed E-state index contributed by atoms with van der Waals surface area (Å²) in [7, 11) is 1.25. The monoisotopic (exact) mass is 280 g/mol. The number of carboxylic acid groups (broad SMARTS) is 1. The Morgan fingerprint density at radius 3 is 2.21 bits per heavy atom. The van der Waals surface area contributed by atoms with E-state index >= 15 is 0 Å². The summed E-state index contributed by atoms with van der Waals surface area (Å²) in [5.41, 5.74) is -0.172. The molecule has 1 atom stereocenters. The first-order chi connectivity index (χ1) is 8.51. The van der Waals surface area contributed by atoms with Crippen molar-refractivity contribution in [1.82, 2.24) is 10.2 Å². The number of aliphatic carboxylic acids is 1. The van der Waals surface area contributed by atoms with Gasteiger partial charge in [0.15, 0.2) is 0 Å². The average molecular weight is 280 g/mol. The zero-order chi connectivity index (χ0) is 15.2. The summed E-state index contributed by atoms with van der Waals surface area (Å²) < 4.78 is 24.3. The number of nitrogens with zero attached hydrogens (tertiary/aromatic N) is 1. The predicted molar refractivity (Wildman–Crippen MR) is 67.3 cm³/mol. The molecule has 7 heteroatoms. The summed E-state index contributed by atoms with van der Waals surface area (Å²) in [6, 6.07) is -1.26. The number of halogens is 2. The van der Waals surface area contributed by atoms with Crippen LogP contribution in [0.3, 0.4) is 0 Å². The average Bonchev–Trinajstić information content (AvgIpc) is 2.11. The number of hydrogen-bond donors (Lipinski definition) is 2. The second-order valence-corrected chi connectivity index (χ2v) is 5.78. The zero-order valence-electron chi connectivity index (χ0n) is 11.7. The SMILES string of the molecule is CN(CC(F)F)C(=O)NC(CC(=O)O)CC(C)(C)C. The molecule has 2 N–H and O–H groups in total. The molecule has 0 aromatic rings. The van der Waals surface area contributed by atoms with Crippen molar-refractivity contribution in [3.05, 3.63) is 0 Å². The molecule has 0 radical (unpaired) electrons. The van der Waals surface area contributed by atoms with Crippen molar-refractivity contribution < 1.29 is 23.5 Å². The van der Waals surface area contributed by atoms with Crippen molar-refractivity contribution >= 4 is 12.0 Å². The van der Waals surface area contributed by atoms with Gasteiger partial charge < -0.3 is 15.3 Å². The minimum atomic E-state index is -2.61. The van der Waals surface area contributed by atoms with E-state index in [0.29, 0.717) is 6.42 Å². The van der Waals surface area contributed by atoms with Gasteiger partial charge >= 0.3 is 12.0 Å². The Morgan fingerprint density at radius 2 is 1.84 bits per heavy atom. The Kier molecular flexibility index (Phi) is 6.72. The number of carbonyl (C=O) groups is 2. The van der Waals surface area contributed by atoms with Crippen LogP contribution in [0.1, 0.15) is 33.6 Å². The van der Waals surface area contributed by atoms with E-state index in [9.17, 15) is 18.4 Å². The van der Waals surface area contributed by atoms with E-state index in [1.165, 1.54) is 7.05 Å². The van der Waals surface area contributed by atoms with Crippen molar-refractivity contribution in [2.45, 2.75) is 46.1 Å². The fourth-order valence-electron chi connectivity index (χ4n) is 1.70. The maximum Gasteiger partial charge on any atom is 0.317 e. The lowest BCUT2D eigenvalue weighted by atomic mass is 9.87. The zero-order valence-corrected chi connectivity index (χ0v) is 11.7. The molecule has 0 fully saturated rings. The maximum absolute atomic E-state index is 12.1. The van der Waals surface area contributed by atoms with Gasteiger partial charge in [0.2, 0.25) is 0 Å². The van der Waals surface area contributed by atoms with Crippen LogP contribution in [0.15, 0.2) is 0 Å². The quantitative estimate of drug-likeness (QED) is 0.783. The molecule has 0 aromatic carbocycles. The lowest BCUT2D eigenvalue weighted by Crippen LogP contribution is -2.46. The Bertz CT molecular complexity index is 317. The smallest absolute Gasteiger partial charge is 0.317 e. The highest BCUT2D eigenvalue weighted by Crippen LogP contribution is 2.22. The third kappa shape index (κ3) is 9.21. The highest BCUT2D eigenvalue weighted by Gasteiger charge is 2.24. The minimum Gasteiger partial charge on any atom is -0.481 e. The Hall–Kier alpha value is -1.40. The number of carbonyl (C=O) groups excluding carboxylic acids is 1. The minimum absolute atomic E-state index is 0.172. The van der Waals surface area contributed by atoms with Crippen LogP contribution in [0, 0.1) is 5.41 Å². The summed E-state index contributed by atoms with van der Waals surface area (Å²) in [6.07, 6.45) is -2.39. The summed E-state index contributed by atoms with van der Waals surface area (Å²) in [6.45, 7) is 5.06. The number of nitrogens with one attached hydrogen (secondary N) is 1. The van der Waals surface area contributed by atoms with Crippen LogP contribution >= 0.6 is 0 Å². The summed E-state index contributed by atoms with van der Waals surface area (Å²) in [5.74, 6) is -1.04. The molecule has 0 rings (SSSR count). The van der Waals surface area contributed by atoms with Gasteiger partial charge in [0.1, 0.15) is 0 Å². The molecular weight excluding hydrogens is 258 g/mol. The van der Waals surface area contributed by atoms with E-state index in [1.54, 1.807) is 0 Å². The van der Waals surface area contributed by atoms with Crippen LogP contribution < -0.4 is 5.32 Å².